The van der Waals surface area contributed by atoms with Crippen LogP contribution in [0.4, 0.5) is 0 Å². The molecular weight excluding hydrogens is 348 g/mol. The van der Waals surface area contributed by atoms with Gasteiger partial charge < -0.3 is 19.8 Å². The van der Waals surface area contributed by atoms with Gasteiger partial charge in [-0.25, -0.2) is 4.98 Å². The van der Waals surface area contributed by atoms with E-state index in [4.69, 9.17) is 9.15 Å². The number of rotatable bonds is 7. The summed E-state index contributed by atoms with van der Waals surface area (Å²) in [7, 11) is 1.74. The Kier molecular flexibility index (Phi) is 6.27. The van der Waals surface area contributed by atoms with Crippen molar-refractivity contribution in [2.24, 2.45) is 4.99 Å². The van der Waals surface area contributed by atoms with E-state index in [1.807, 2.05) is 48.7 Å². The fourth-order valence-electron chi connectivity index (χ4n) is 2.42. The summed E-state index contributed by atoms with van der Waals surface area (Å²) in [5.41, 5.74) is 1.91. The van der Waals surface area contributed by atoms with Crippen molar-refractivity contribution in [3.05, 3.63) is 59.3 Å². The third-order valence-corrected chi connectivity index (χ3v) is 4.52. The van der Waals surface area contributed by atoms with Crippen LogP contribution in [0.3, 0.4) is 0 Å². The molecule has 2 aromatic heterocycles. The molecule has 0 saturated heterocycles. The maximum absolute atomic E-state index is 5.65. The fourth-order valence-corrected chi connectivity index (χ4v) is 3.08. The number of aliphatic imine (C=N–C) groups is 1. The highest BCUT2D eigenvalue weighted by Crippen LogP contribution is 2.23. The summed E-state index contributed by atoms with van der Waals surface area (Å²) in [6.07, 6.45) is 1.67. The van der Waals surface area contributed by atoms with E-state index in [0.29, 0.717) is 31.5 Å². The fraction of sp³-hybridized carbons (Fsp3) is 0.263. The zero-order chi connectivity index (χ0) is 18.2. The van der Waals surface area contributed by atoms with E-state index in [2.05, 4.69) is 20.6 Å². The van der Waals surface area contributed by atoms with Gasteiger partial charge in [0.25, 0.3) is 0 Å². The molecule has 0 aliphatic heterocycles. The number of aromatic nitrogens is 1. The largest absolute Gasteiger partial charge is 0.494 e. The molecule has 26 heavy (non-hydrogen) atoms. The predicted molar refractivity (Wildman–Crippen MR) is 104 cm³/mol. The van der Waals surface area contributed by atoms with Crippen molar-refractivity contribution in [1.82, 2.24) is 15.6 Å². The Bertz CT molecular complexity index is 843. The monoisotopic (exact) mass is 370 g/mol. The van der Waals surface area contributed by atoms with Gasteiger partial charge in [0.05, 0.1) is 23.7 Å². The Morgan fingerprint density at radius 2 is 2.04 bits per heavy atom. The highest BCUT2D eigenvalue weighted by Gasteiger charge is 2.08. The second-order valence-corrected chi connectivity index (χ2v) is 6.39. The Labute approximate surface area is 156 Å². The van der Waals surface area contributed by atoms with Gasteiger partial charge in [0, 0.05) is 19.2 Å². The summed E-state index contributed by atoms with van der Waals surface area (Å²) in [5.74, 6) is 2.22. The minimum Gasteiger partial charge on any atom is -0.494 e. The van der Waals surface area contributed by atoms with Gasteiger partial charge in [-0.2, -0.15) is 0 Å². The van der Waals surface area contributed by atoms with Gasteiger partial charge in [-0.15, -0.1) is 11.3 Å². The average molecular weight is 370 g/mol. The molecule has 3 rings (SSSR count). The molecule has 0 amide bonds. The van der Waals surface area contributed by atoms with Gasteiger partial charge in [0.1, 0.15) is 12.0 Å². The molecule has 2 heterocycles. The van der Waals surface area contributed by atoms with E-state index in [9.17, 15) is 0 Å². The molecule has 136 valence electrons. The van der Waals surface area contributed by atoms with Gasteiger partial charge in [0.2, 0.25) is 5.89 Å². The van der Waals surface area contributed by atoms with Crippen LogP contribution in [0, 0.1) is 0 Å². The molecule has 0 fully saturated rings. The lowest BCUT2D eigenvalue weighted by Crippen LogP contribution is -2.36. The van der Waals surface area contributed by atoms with Crippen LogP contribution in [0.5, 0.6) is 5.75 Å². The molecule has 0 spiro atoms. The van der Waals surface area contributed by atoms with Crippen LogP contribution in [0.15, 0.2) is 57.5 Å². The molecule has 0 atom stereocenters. The number of ether oxygens (including phenoxy) is 1. The molecule has 1 aromatic carbocycles. The van der Waals surface area contributed by atoms with Crippen molar-refractivity contribution in [1.29, 1.82) is 0 Å². The molecular formula is C19H22N4O2S. The molecule has 0 radical (unpaired) electrons. The topological polar surface area (TPSA) is 71.7 Å². The Hall–Kier alpha value is -2.80. The van der Waals surface area contributed by atoms with Crippen LogP contribution in [0.25, 0.3) is 10.8 Å². The highest BCUT2D eigenvalue weighted by atomic mass is 32.1. The number of nitrogens with zero attached hydrogens (tertiary/aromatic N) is 2. The summed E-state index contributed by atoms with van der Waals surface area (Å²) in [6, 6.07) is 11.9. The minimum absolute atomic E-state index is 0.529. The van der Waals surface area contributed by atoms with Crippen LogP contribution in [0.1, 0.15) is 18.2 Å². The normalized spacial score (nSPS) is 11.4. The number of hydrogen-bond acceptors (Lipinski definition) is 5. The van der Waals surface area contributed by atoms with Gasteiger partial charge in [-0.3, -0.25) is 4.99 Å². The quantitative estimate of drug-likeness (QED) is 0.490. The van der Waals surface area contributed by atoms with Crippen molar-refractivity contribution in [3.8, 4) is 16.5 Å². The van der Waals surface area contributed by atoms with Gasteiger partial charge in [-0.05, 0) is 24.4 Å². The number of oxazole rings is 1. The lowest BCUT2D eigenvalue weighted by atomic mass is 10.2. The summed E-state index contributed by atoms with van der Waals surface area (Å²) >= 11 is 1.60. The Morgan fingerprint density at radius 3 is 2.81 bits per heavy atom. The third-order valence-electron chi connectivity index (χ3n) is 3.66. The average Bonchev–Trinajstić information content (AvgIpc) is 3.35. The SMILES string of the molecule is CCOc1ccccc1CNC(=NC)NCc1coc(-c2cccs2)n1. The van der Waals surface area contributed by atoms with Gasteiger partial charge in [0.15, 0.2) is 5.96 Å². The molecule has 0 unspecified atom stereocenters. The van der Waals surface area contributed by atoms with Crippen molar-refractivity contribution >= 4 is 17.3 Å². The number of nitrogens with one attached hydrogen (secondary N) is 2. The number of benzene rings is 1. The zero-order valence-corrected chi connectivity index (χ0v) is 15.7. The standard InChI is InChI=1S/C19H22N4O2S/c1-3-24-16-8-5-4-7-14(16)11-21-19(20-2)22-12-15-13-25-18(23-15)17-9-6-10-26-17/h4-10,13H,3,11-12H2,1-2H3,(H2,20,21,22). The molecule has 0 aliphatic rings. The van der Waals surface area contributed by atoms with Crippen LogP contribution in [-0.2, 0) is 13.1 Å². The highest BCUT2D eigenvalue weighted by molar-refractivity contribution is 7.13. The van der Waals surface area contributed by atoms with Crippen molar-refractivity contribution in [2.75, 3.05) is 13.7 Å². The predicted octanol–water partition coefficient (Wildman–Crippen LogP) is 3.67. The van der Waals surface area contributed by atoms with Crippen LogP contribution in [0.2, 0.25) is 0 Å². The maximum atomic E-state index is 5.65. The van der Waals surface area contributed by atoms with E-state index < -0.39 is 0 Å². The number of para-hydroxylation sites is 1. The third kappa shape index (κ3) is 4.64. The van der Waals surface area contributed by atoms with E-state index in [1.54, 1.807) is 24.6 Å². The van der Waals surface area contributed by atoms with Crippen molar-refractivity contribution in [3.63, 3.8) is 0 Å². The Balaban J connectivity index is 1.54. The summed E-state index contributed by atoms with van der Waals surface area (Å²) in [6.45, 7) is 3.77. The maximum Gasteiger partial charge on any atom is 0.236 e. The van der Waals surface area contributed by atoms with E-state index in [-0.39, 0.29) is 0 Å². The second kappa shape index (κ2) is 9.05. The Morgan fingerprint density at radius 1 is 1.19 bits per heavy atom. The van der Waals surface area contributed by atoms with E-state index in [0.717, 1.165) is 21.9 Å². The van der Waals surface area contributed by atoms with Gasteiger partial charge >= 0.3 is 0 Å². The second-order valence-electron chi connectivity index (χ2n) is 5.44. The molecule has 2 N–H and O–H groups in total. The minimum atomic E-state index is 0.529. The summed E-state index contributed by atoms with van der Waals surface area (Å²) < 4.78 is 11.2. The smallest absolute Gasteiger partial charge is 0.236 e. The van der Waals surface area contributed by atoms with Gasteiger partial charge in [-0.1, -0.05) is 24.3 Å². The molecule has 6 nitrogen and oxygen atoms in total. The van der Waals surface area contributed by atoms with E-state index >= 15 is 0 Å². The molecule has 7 heteroatoms. The first-order valence-corrected chi connectivity index (χ1v) is 9.31. The molecule has 3 aromatic rings. The van der Waals surface area contributed by atoms with Crippen LogP contribution >= 0.6 is 11.3 Å². The lowest BCUT2D eigenvalue weighted by Gasteiger charge is -2.13. The molecule has 0 aliphatic carbocycles. The summed E-state index contributed by atoms with van der Waals surface area (Å²) in [4.78, 5) is 9.76. The van der Waals surface area contributed by atoms with E-state index in [1.165, 1.54) is 0 Å². The van der Waals surface area contributed by atoms with Crippen molar-refractivity contribution < 1.29 is 9.15 Å². The zero-order valence-electron chi connectivity index (χ0n) is 14.9. The van der Waals surface area contributed by atoms with Crippen LogP contribution < -0.4 is 15.4 Å². The van der Waals surface area contributed by atoms with Crippen LogP contribution in [-0.4, -0.2) is 24.6 Å². The number of thiophene rings is 1. The molecule has 0 saturated carbocycles. The lowest BCUT2D eigenvalue weighted by molar-refractivity contribution is 0.336. The first-order chi connectivity index (χ1) is 12.8. The first-order valence-electron chi connectivity index (χ1n) is 8.43. The first kappa shape index (κ1) is 18.0. The summed E-state index contributed by atoms with van der Waals surface area (Å²) in [5, 5.41) is 8.54. The number of guanidine groups is 1. The molecule has 0 bridgehead atoms. The van der Waals surface area contributed by atoms with Crippen molar-refractivity contribution in [2.45, 2.75) is 20.0 Å². The number of hydrogen-bond donors (Lipinski definition) is 2.